The van der Waals surface area contributed by atoms with E-state index in [0.717, 1.165) is 44.1 Å². The lowest BCUT2D eigenvalue weighted by atomic mass is 9.45. The number of aromatic nitrogens is 5. The summed E-state index contributed by atoms with van der Waals surface area (Å²) in [6.45, 7) is 5.67. The van der Waals surface area contributed by atoms with Crippen LogP contribution in [0.15, 0.2) is 47.5 Å². The van der Waals surface area contributed by atoms with E-state index in [0.29, 0.717) is 65.7 Å². The van der Waals surface area contributed by atoms with Crippen LogP contribution in [0.5, 0.6) is 5.75 Å². The summed E-state index contributed by atoms with van der Waals surface area (Å²) in [5, 5.41) is 15.6. The Morgan fingerprint density at radius 2 is 1.77 bits per heavy atom. The number of rotatable bonds is 7. The number of aromatic amines is 1. The molecule has 0 radical (unpaired) electrons. The van der Waals surface area contributed by atoms with E-state index in [1.807, 2.05) is 31.3 Å². The van der Waals surface area contributed by atoms with Crippen molar-refractivity contribution >= 4 is 16.5 Å². The number of ether oxygens (including phenoxy) is 2. The second kappa shape index (κ2) is 12.3. The molecule has 2 unspecified atom stereocenters. The molecule has 0 amide bonds. The summed E-state index contributed by atoms with van der Waals surface area (Å²) >= 11 is 0. The Kier molecular flexibility index (Phi) is 8.02. The van der Waals surface area contributed by atoms with Crippen molar-refractivity contribution in [2.24, 2.45) is 41.5 Å². The molecule has 3 heterocycles. The predicted octanol–water partition coefficient (Wildman–Crippen LogP) is 7.93. The van der Waals surface area contributed by atoms with E-state index in [1.165, 1.54) is 18.5 Å². The van der Waals surface area contributed by atoms with Crippen molar-refractivity contribution in [2.75, 3.05) is 18.5 Å². The van der Waals surface area contributed by atoms with Crippen molar-refractivity contribution in [1.82, 2.24) is 25.0 Å². The van der Waals surface area contributed by atoms with Gasteiger partial charge in [0.15, 0.2) is 0 Å². The van der Waals surface area contributed by atoms with E-state index in [2.05, 4.69) is 39.4 Å². The molecule has 0 bridgehead atoms. The maximum absolute atomic E-state index is 14.7. The first-order valence-electron chi connectivity index (χ1n) is 19.0. The third-order valence-electron chi connectivity index (χ3n) is 14.3. The van der Waals surface area contributed by atoms with Crippen LogP contribution in [0.2, 0.25) is 0 Å². The highest BCUT2D eigenvalue weighted by Crippen LogP contribution is 2.67. The molecule has 276 valence electrons. The van der Waals surface area contributed by atoms with Crippen LogP contribution in [0.25, 0.3) is 10.8 Å². The number of nitrogens with zero attached hydrogens (tertiary/aromatic N) is 4. The lowest BCUT2D eigenvalue weighted by Crippen LogP contribution is -2.55. The van der Waals surface area contributed by atoms with Crippen molar-refractivity contribution < 1.29 is 22.6 Å². The molecule has 0 saturated heterocycles. The van der Waals surface area contributed by atoms with Gasteiger partial charge in [-0.3, -0.25) is 9.48 Å². The summed E-state index contributed by atoms with van der Waals surface area (Å²) in [6.07, 6.45) is 8.90. The van der Waals surface area contributed by atoms with Crippen molar-refractivity contribution in [3.05, 3.63) is 76.0 Å². The van der Waals surface area contributed by atoms with Gasteiger partial charge < -0.3 is 14.8 Å². The van der Waals surface area contributed by atoms with Gasteiger partial charge in [0.1, 0.15) is 30.3 Å². The van der Waals surface area contributed by atoms with E-state index in [-0.39, 0.29) is 47.1 Å². The Labute approximate surface area is 301 Å². The van der Waals surface area contributed by atoms with Crippen molar-refractivity contribution in [3.8, 4) is 5.75 Å². The predicted molar refractivity (Wildman–Crippen MR) is 190 cm³/mol. The van der Waals surface area contributed by atoms with Gasteiger partial charge in [0.05, 0.1) is 35.8 Å². The highest BCUT2D eigenvalue weighted by molar-refractivity contribution is 5.97. The van der Waals surface area contributed by atoms with E-state index in [1.54, 1.807) is 4.68 Å². The molecule has 4 aromatic rings. The molecular formula is C40H47F3N6O3. The first-order chi connectivity index (χ1) is 24.9. The van der Waals surface area contributed by atoms with Gasteiger partial charge in [-0.2, -0.15) is 10.2 Å². The Balaban J connectivity index is 0.855. The topological polar surface area (TPSA) is 107 Å². The zero-order valence-corrected chi connectivity index (χ0v) is 30.0. The highest BCUT2D eigenvalue weighted by atomic mass is 19.3. The third kappa shape index (κ3) is 5.37. The maximum atomic E-state index is 14.7. The molecule has 4 saturated carbocycles. The van der Waals surface area contributed by atoms with Gasteiger partial charge in [0.2, 0.25) is 5.92 Å². The smallest absolute Gasteiger partial charge is 0.272 e. The third-order valence-corrected chi connectivity index (χ3v) is 14.3. The number of anilines is 1. The summed E-state index contributed by atoms with van der Waals surface area (Å²) < 4.78 is 57.8. The maximum Gasteiger partial charge on any atom is 0.272 e. The molecule has 9 atom stereocenters. The van der Waals surface area contributed by atoms with E-state index in [9.17, 15) is 18.0 Å². The van der Waals surface area contributed by atoms with Crippen LogP contribution in [0.1, 0.15) is 101 Å². The monoisotopic (exact) mass is 716 g/mol. The lowest BCUT2D eigenvalue weighted by Gasteiger charge is -2.61. The normalized spacial score (nSPS) is 34.6. The van der Waals surface area contributed by atoms with Crippen LogP contribution in [0.4, 0.5) is 18.9 Å². The van der Waals surface area contributed by atoms with E-state index >= 15 is 0 Å². The lowest BCUT2D eigenvalue weighted by molar-refractivity contribution is -0.170. The quantitative estimate of drug-likeness (QED) is 0.187. The average Bonchev–Trinajstić information content (AvgIpc) is 3.70. The number of H-pyrrole nitrogens is 1. The molecule has 2 aromatic carbocycles. The molecule has 2 aromatic heterocycles. The van der Waals surface area contributed by atoms with Crippen LogP contribution in [-0.2, 0) is 11.8 Å². The Morgan fingerprint density at radius 1 is 0.962 bits per heavy atom. The summed E-state index contributed by atoms with van der Waals surface area (Å²) in [6, 6.07) is 10.1. The first kappa shape index (κ1) is 33.9. The minimum atomic E-state index is -2.49. The van der Waals surface area contributed by atoms with Crippen molar-refractivity contribution in [1.29, 1.82) is 0 Å². The molecule has 12 heteroatoms. The SMILES string of the molecule is Cn1ncnc1C1c2n[nH]c(=O)c3cc(F)cc(c23)NC1c1ccc(OCCO[C@H]2CC[C@H]3[C@@H]4CC[C@H]5CC(F)(F)CC[C@]5(C)[C@H]4CC[C@]23C)cc1. The number of hydrogen-bond donors (Lipinski definition) is 2. The van der Waals surface area contributed by atoms with Gasteiger partial charge >= 0.3 is 0 Å². The molecule has 0 spiro atoms. The Morgan fingerprint density at radius 3 is 2.56 bits per heavy atom. The van der Waals surface area contributed by atoms with Gasteiger partial charge in [-0.05, 0) is 109 Å². The molecule has 9 nitrogen and oxygen atoms in total. The average molecular weight is 717 g/mol. The molecule has 2 N–H and O–H groups in total. The molecule has 1 aliphatic heterocycles. The minimum Gasteiger partial charge on any atom is -0.491 e. The first-order valence-corrected chi connectivity index (χ1v) is 19.0. The van der Waals surface area contributed by atoms with Crippen molar-refractivity contribution in [3.63, 3.8) is 0 Å². The van der Waals surface area contributed by atoms with Gasteiger partial charge in [0.25, 0.3) is 5.56 Å². The second-order valence-electron chi connectivity index (χ2n) is 16.8. The number of halogens is 3. The van der Waals surface area contributed by atoms with Gasteiger partial charge in [-0.1, -0.05) is 26.0 Å². The molecule has 52 heavy (non-hydrogen) atoms. The molecule has 4 aliphatic carbocycles. The van der Waals surface area contributed by atoms with Crippen molar-refractivity contribution in [2.45, 2.75) is 95.6 Å². The number of aryl methyl sites for hydroxylation is 1. The molecule has 9 rings (SSSR count). The molecular weight excluding hydrogens is 669 g/mol. The summed E-state index contributed by atoms with van der Waals surface area (Å²) in [7, 11) is 1.81. The van der Waals surface area contributed by atoms with Gasteiger partial charge in [-0.25, -0.2) is 23.3 Å². The fourth-order valence-corrected chi connectivity index (χ4v) is 11.7. The molecule has 5 aliphatic rings. The zero-order valence-electron chi connectivity index (χ0n) is 30.0. The van der Waals surface area contributed by atoms with Gasteiger partial charge in [0, 0.05) is 31.0 Å². The highest BCUT2D eigenvalue weighted by Gasteiger charge is 2.62. The van der Waals surface area contributed by atoms with Crippen LogP contribution in [-0.4, -0.2) is 50.2 Å². The number of nitrogens with one attached hydrogen (secondary N) is 2. The number of hydrogen-bond acceptors (Lipinski definition) is 7. The van der Waals surface area contributed by atoms with Crippen LogP contribution in [0.3, 0.4) is 0 Å². The zero-order chi connectivity index (χ0) is 36.0. The van der Waals surface area contributed by atoms with Gasteiger partial charge in [-0.15, -0.1) is 0 Å². The largest absolute Gasteiger partial charge is 0.491 e. The summed E-state index contributed by atoms with van der Waals surface area (Å²) in [5.74, 6) is -0.136. The van der Waals surface area contributed by atoms with Crippen LogP contribution in [0, 0.1) is 40.3 Å². The second-order valence-corrected chi connectivity index (χ2v) is 16.8. The Bertz CT molecular complexity index is 2050. The molecule has 4 fully saturated rings. The van der Waals surface area contributed by atoms with Crippen LogP contribution < -0.4 is 15.6 Å². The van der Waals surface area contributed by atoms with Crippen LogP contribution >= 0.6 is 0 Å². The van der Waals surface area contributed by atoms with E-state index in [4.69, 9.17) is 9.47 Å². The standard InChI is InChI=1S/C40H47F3N6O3/c1-38-14-15-40(42,43)20-23(38)6-9-26-28-10-11-31(39(28,2)13-12-29(26)38)52-17-16-51-25-7-4-22(5-8-25)34-33(36-44-21-45-49(36)3)35-32-27(37(50)48-47-35)18-24(41)19-30(32)46-34/h4-5,7-8,18-19,21,23,26,28-29,31,33-34,46H,6,9-17,20H2,1-3H3,(H,48,50)/t23-,26-,28-,29-,31-,33?,34?,38-,39-/m0/s1. The summed E-state index contributed by atoms with van der Waals surface area (Å²) in [5.41, 5.74) is 1.72. The minimum absolute atomic E-state index is 0.0469. The number of alkyl halides is 2. The summed E-state index contributed by atoms with van der Waals surface area (Å²) in [4.78, 5) is 17.1. The number of fused-ring (bicyclic) bond motifs is 5. The fourth-order valence-electron chi connectivity index (χ4n) is 11.7. The number of benzene rings is 2. The fraction of sp³-hybridized carbons (Fsp3) is 0.600. The Hall–Kier alpha value is -3.93. The van der Waals surface area contributed by atoms with E-state index < -0.39 is 23.2 Å².